The number of benzene rings is 2. The number of primary amides is 1. The van der Waals surface area contributed by atoms with E-state index in [-0.39, 0.29) is 35.9 Å². The average molecular weight is 385 g/mol. The third-order valence-corrected chi connectivity index (χ3v) is 4.10. The predicted molar refractivity (Wildman–Crippen MR) is 104 cm³/mol. The Kier molecular flexibility index (Phi) is 7.38. The van der Waals surface area contributed by atoms with Gasteiger partial charge in [-0.15, -0.1) is 0 Å². The van der Waals surface area contributed by atoms with E-state index in [9.17, 15) is 14.4 Å². The first-order valence-electron chi connectivity index (χ1n) is 8.70. The summed E-state index contributed by atoms with van der Waals surface area (Å²) >= 11 is 0. The highest BCUT2D eigenvalue weighted by Gasteiger charge is 2.18. The summed E-state index contributed by atoms with van der Waals surface area (Å²) in [5.74, 6) is -1.45. The first kappa shape index (κ1) is 20.8. The fourth-order valence-electron chi connectivity index (χ4n) is 2.81. The van der Waals surface area contributed by atoms with Crippen molar-refractivity contribution in [3.05, 3.63) is 59.7 Å². The van der Waals surface area contributed by atoms with Crippen molar-refractivity contribution in [2.24, 2.45) is 5.73 Å². The SMILES string of the molecule is COc1c(NC(=O)NC(CCC(=O)O)Cc2ccccc2)cccc1C(N)=O. The number of para-hydroxylation sites is 1. The maximum Gasteiger partial charge on any atom is 0.319 e. The highest BCUT2D eigenvalue weighted by atomic mass is 16.5. The number of nitrogens with one attached hydrogen (secondary N) is 2. The molecule has 0 radical (unpaired) electrons. The molecule has 0 spiro atoms. The number of urea groups is 1. The minimum atomic E-state index is -0.934. The molecule has 0 fully saturated rings. The minimum Gasteiger partial charge on any atom is -0.494 e. The lowest BCUT2D eigenvalue weighted by Crippen LogP contribution is -2.39. The van der Waals surface area contributed by atoms with Gasteiger partial charge in [-0.05, 0) is 30.5 Å². The number of rotatable bonds is 9. The Morgan fingerprint density at radius 2 is 1.82 bits per heavy atom. The second kappa shape index (κ2) is 9.96. The second-order valence-electron chi connectivity index (χ2n) is 6.17. The predicted octanol–water partition coefficient (Wildman–Crippen LogP) is 2.39. The van der Waals surface area contributed by atoms with E-state index in [0.29, 0.717) is 6.42 Å². The number of anilines is 1. The molecule has 148 valence electrons. The van der Waals surface area contributed by atoms with E-state index in [1.165, 1.54) is 13.2 Å². The Labute approximate surface area is 162 Å². The van der Waals surface area contributed by atoms with E-state index in [0.717, 1.165) is 5.56 Å². The fourth-order valence-corrected chi connectivity index (χ4v) is 2.81. The molecule has 2 aromatic carbocycles. The molecule has 0 saturated heterocycles. The third kappa shape index (κ3) is 6.01. The van der Waals surface area contributed by atoms with Crippen LogP contribution in [-0.2, 0) is 11.2 Å². The van der Waals surface area contributed by atoms with Crippen molar-refractivity contribution in [3.8, 4) is 5.75 Å². The summed E-state index contributed by atoms with van der Waals surface area (Å²) in [6.07, 6.45) is 0.689. The standard InChI is InChI=1S/C20H23N3O5/c1-28-18-15(19(21)26)8-5-9-16(18)23-20(27)22-14(10-11-17(24)25)12-13-6-3-2-4-7-13/h2-9,14H,10-12H2,1H3,(H2,21,26)(H,24,25)(H2,22,23,27). The van der Waals surface area contributed by atoms with Gasteiger partial charge < -0.3 is 26.2 Å². The van der Waals surface area contributed by atoms with Gasteiger partial charge in [-0.2, -0.15) is 0 Å². The maximum absolute atomic E-state index is 12.5. The van der Waals surface area contributed by atoms with Gasteiger partial charge in [0, 0.05) is 12.5 Å². The summed E-state index contributed by atoms with van der Waals surface area (Å²) in [6.45, 7) is 0. The van der Waals surface area contributed by atoms with Gasteiger partial charge >= 0.3 is 12.0 Å². The van der Waals surface area contributed by atoms with E-state index in [2.05, 4.69) is 10.6 Å². The molecule has 0 aliphatic heterocycles. The zero-order chi connectivity index (χ0) is 20.5. The summed E-state index contributed by atoms with van der Waals surface area (Å²) < 4.78 is 5.20. The number of carbonyl (C=O) groups is 3. The molecule has 0 aromatic heterocycles. The molecule has 1 unspecified atom stereocenters. The normalized spacial score (nSPS) is 11.3. The quantitative estimate of drug-likeness (QED) is 0.526. The van der Waals surface area contributed by atoms with Crippen LogP contribution in [0.1, 0.15) is 28.8 Å². The number of hydrogen-bond donors (Lipinski definition) is 4. The molecule has 3 amide bonds. The summed E-state index contributed by atoms with van der Waals surface area (Å²) in [5, 5.41) is 14.4. The zero-order valence-corrected chi connectivity index (χ0v) is 15.5. The van der Waals surface area contributed by atoms with Gasteiger partial charge in [0.2, 0.25) is 0 Å². The smallest absolute Gasteiger partial charge is 0.319 e. The van der Waals surface area contributed by atoms with Crippen LogP contribution in [0.4, 0.5) is 10.5 Å². The number of carbonyl (C=O) groups excluding carboxylic acids is 2. The van der Waals surface area contributed by atoms with Crippen molar-refractivity contribution in [3.63, 3.8) is 0 Å². The molecule has 1 atom stereocenters. The Hall–Kier alpha value is -3.55. The largest absolute Gasteiger partial charge is 0.494 e. The van der Waals surface area contributed by atoms with Crippen LogP contribution < -0.4 is 21.1 Å². The summed E-state index contributed by atoms with van der Waals surface area (Å²) in [7, 11) is 1.37. The first-order valence-corrected chi connectivity index (χ1v) is 8.70. The Morgan fingerprint density at radius 3 is 2.43 bits per heavy atom. The van der Waals surface area contributed by atoms with Gasteiger partial charge in [0.1, 0.15) is 0 Å². The summed E-state index contributed by atoms with van der Waals surface area (Å²) in [6, 6.07) is 13.2. The van der Waals surface area contributed by atoms with Crippen LogP contribution >= 0.6 is 0 Å². The number of methoxy groups -OCH3 is 1. The zero-order valence-electron chi connectivity index (χ0n) is 15.5. The second-order valence-corrected chi connectivity index (χ2v) is 6.17. The molecule has 2 rings (SSSR count). The number of carboxylic acid groups (broad SMARTS) is 1. The molecule has 8 nitrogen and oxygen atoms in total. The summed E-state index contributed by atoms with van der Waals surface area (Å²) in [5.41, 5.74) is 6.73. The van der Waals surface area contributed by atoms with Crippen LogP contribution in [0.5, 0.6) is 5.75 Å². The van der Waals surface area contributed by atoms with E-state index in [4.69, 9.17) is 15.6 Å². The molecule has 0 bridgehead atoms. The van der Waals surface area contributed by atoms with Gasteiger partial charge in [0.25, 0.3) is 5.91 Å². The van der Waals surface area contributed by atoms with Gasteiger partial charge in [0.15, 0.2) is 5.75 Å². The molecular weight excluding hydrogens is 362 g/mol. The number of ether oxygens (including phenoxy) is 1. The van der Waals surface area contributed by atoms with Crippen molar-refractivity contribution in [2.45, 2.75) is 25.3 Å². The highest BCUT2D eigenvalue weighted by molar-refractivity contribution is 6.00. The van der Waals surface area contributed by atoms with Crippen molar-refractivity contribution in [1.82, 2.24) is 5.32 Å². The topological polar surface area (TPSA) is 131 Å². The van der Waals surface area contributed by atoms with Crippen molar-refractivity contribution in [2.75, 3.05) is 12.4 Å². The Bertz CT molecular complexity index is 839. The Morgan fingerprint density at radius 1 is 1.11 bits per heavy atom. The van der Waals surface area contributed by atoms with E-state index in [1.807, 2.05) is 30.3 Å². The number of carboxylic acids is 1. The van der Waals surface area contributed by atoms with E-state index >= 15 is 0 Å². The van der Waals surface area contributed by atoms with Crippen molar-refractivity contribution in [1.29, 1.82) is 0 Å². The molecule has 28 heavy (non-hydrogen) atoms. The van der Waals surface area contributed by atoms with Gasteiger partial charge in [-0.1, -0.05) is 36.4 Å². The molecule has 8 heteroatoms. The Balaban J connectivity index is 2.11. The fraction of sp³-hybridized carbons (Fsp3) is 0.250. The van der Waals surface area contributed by atoms with Crippen LogP contribution in [0.2, 0.25) is 0 Å². The van der Waals surface area contributed by atoms with Crippen LogP contribution in [0, 0.1) is 0 Å². The van der Waals surface area contributed by atoms with Gasteiger partial charge in [-0.25, -0.2) is 4.79 Å². The van der Waals surface area contributed by atoms with Crippen LogP contribution in [0.25, 0.3) is 0 Å². The van der Waals surface area contributed by atoms with E-state index in [1.54, 1.807) is 12.1 Å². The molecule has 0 aliphatic carbocycles. The molecular formula is C20H23N3O5. The lowest BCUT2D eigenvalue weighted by Gasteiger charge is -2.20. The number of amides is 3. The monoisotopic (exact) mass is 385 g/mol. The molecule has 2 aromatic rings. The average Bonchev–Trinajstić information content (AvgIpc) is 2.66. The molecule has 0 aliphatic rings. The number of hydrogen-bond acceptors (Lipinski definition) is 4. The molecule has 0 saturated carbocycles. The van der Waals surface area contributed by atoms with Crippen LogP contribution in [0.3, 0.4) is 0 Å². The number of aliphatic carboxylic acids is 1. The maximum atomic E-state index is 12.5. The third-order valence-electron chi connectivity index (χ3n) is 4.10. The van der Waals surface area contributed by atoms with Crippen molar-refractivity contribution < 1.29 is 24.2 Å². The molecule has 5 N–H and O–H groups in total. The van der Waals surface area contributed by atoms with Gasteiger partial charge in [0.05, 0.1) is 18.4 Å². The van der Waals surface area contributed by atoms with E-state index < -0.39 is 17.9 Å². The molecule has 0 heterocycles. The lowest BCUT2D eigenvalue weighted by atomic mass is 10.0. The van der Waals surface area contributed by atoms with Crippen LogP contribution in [-0.4, -0.2) is 36.2 Å². The number of nitrogens with two attached hydrogens (primary N) is 1. The summed E-state index contributed by atoms with van der Waals surface area (Å²) in [4.78, 5) is 34.9. The van der Waals surface area contributed by atoms with Gasteiger partial charge in [-0.3, -0.25) is 9.59 Å². The highest BCUT2D eigenvalue weighted by Crippen LogP contribution is 2.28. The first-order chi connectivity index (χ1) is 13.4. The minimum absolute atomic E-state index is 0.0712. The lowest BCUT2D eigenvalue weighted by molar-refractivity contribution is -0.137. The van der Waals surface area contributed by atoms with Crippen LogP contribution in [0.15, 0.2) is 48.5 Å². The van der Waals surface area contributed by atoms with Crippen molar-refractivity contribution >= 4 is 23.6 Å².